The maximum Gasteiger partial charge on any atom is 0.211 e. The van der Waals surface area contributed by atoms with Gasteiger partial charge >= 0.3 is 0 Å². The Kier molecular flexibility index (Phi) is 2.66. The number of aromatic nitrogens is 1. The molecule has 0 radical (unpaired) electrons. The molecule has 0 amide bonds. The quantitative estimate of drug-likeness (QED) is 0.507. The van der Waals surface area contributed by atoms with Crippen LogP contribution in [0.4, 0.5) is 0 Å². The zero-order valence-electron chi connectivity index (χ0n) is 12.7. The predicted octanol–water partition coefficient (Wildman–Crippen LogP) is 3.23. The minimum absolute atomic E-state index is 0.213. The summed E-state index contributed by atoms with van der Waals surface area (Å²) in [4.78, 5) is 38.0. The third kappa shape index (κ3) is 1.69. The largest absolute Gasteiger partial charge is 0.312 e. The standard InChI is InChI=1S/C19H13NO3/c1-10-7-8-20-14(9-10)15(11(2)21)16-17(20)19(23)13-6-4-3-5-12(13)18(16)22/h3-9H,1-2H3. The fourth-order valence-corrected chi connectivity index (χ4v) is 3.30. The summed E-state index contributed by atoms with van der Waals surface area (Å²) in [6.07, 6.45) is 1.75. The number of aryl methyl sites for hydroxylation is 1. The molecule has 0 N–H and O–H groups in total. The van der Waals surface area contributed by atoms with E-state index in [4.69, 9.17) is 0 Å². The molecule has 2 heterocycles. The number of hydrogen-bond donors (Lipinski definition) is 0. The van der Waals surface area contributed by atoms with E-state index in [0.29, 0.717) is 22.2 Å². The average molecular weight is 303 g/mol. The summed E-state index contributed by atoms with van der Waals surface area (Å²) in [5, 5.41) is 0. The Morgan fingerprint density at radius 2 is 1.65 bits per heavy atom. The second kappa shape index (κ2) is 4.49. The summed E-state index contributed by atoms with van der Waals surface area (Å²) in [7, 11) is 0. The minimum Gasteiger partial charge on any atom is -0.312 e. The smallest absolute Gasteiger partial charge is 0.211 e. The Morgan fingerprint density at radius 1 is 1.00 bits per heavy atom. The number of rotatable bonds is 1. The van der Waals surface area contributed by atoms with Crippen molar-refractivity contribution in [1.82, 2.24) is 4.40 Å². The first kappa shape index (κ1) is 13.6. The van der Waals surface area contributed by atoms with Gasteiger partial charge in [-0.1, -0.05) is 24.3 Å². The van der Waals surface area contributed by atoms with E-state index in [2.05, 4.69) is 0 Å². The Labute approximate surface area is 132 Å². The van der Waals surface area contributed by atoms with Crippen LogP contribution in [-0.4, -0.2) is 21.8 Å². The summed E-state index contributed by atoms with van der Waals surface area (Å²) in [6.45, 7) is 3.34. The van der Waals surface area contributed by atoms with Gasteiger partial charge in [0.2, 0.25) is 5.78 Å². The lowest BCUT2D eigenvalue weighted by atomic mass is 9.85. The maximum atomic E-state index is 12.9. The molecule has 0 saturated heterocycles. The first-order chi connectivity index (χ1) is 11.0. The van der Waals surface area contributed by atoms with Gasteiger partial charge in [0, 0.05) is 17.3 Å². The van der Waals surface area contributed by atoms with Crippen molar-refractivity contribution in [2.24, 2.45) is 0 Å². The number of nitrogens with zero attached hydrogens (tertiary/aromatic N) is 1. The van der Waals surface area contributed by atoms with Crippen LogP contribution in [0.5, 0.6) is 0 Å². The zero-order chi connectivity index (χ0) is 16.3. The van der Waals surface area contributed by atoms with Crippen LogP contribution < -0.4 is 0 Å². The van der Waals surface area contributed by atoms with E-state index < -0.39 is 0 Å². The zero-order valence-corrected chi connectivity index (χ0v) is 12.7. The highest BCUT2D eigenvalue weighted by Crippen LogP contribution is 2.34. The fraction of sp³-hybridized carbons (Fsp3) is 0.105. The normalized spacial score (nSPS) is 13.1. The lowest BCUT2D eigenvalue weighted by Gasteiger charge is -2.15. The number of carbonyl (C=O) groups is 3. The Hall–Kier alpha value is -3.01. The summed E-state index contributed by atoms with van der Waals surface area (Å²) < 4.78 is 1.66. The molecule has 0 spiro atoms. The van der Waals surface area contributed by atoms with Crippen molar-refractivity contribution in [1.29, 1.82) is 0 Å². The van der Waals surface area contributed by atoms with Crippen molar-refractivity contribution >= 4 is 22.9 Å². The molecule has 2 aromatic heterocycles. The van der Waals surface area contributed by atoms with Crippen molar-refractivity contribution in [3.63, 3.8) is 0 Å². The van der Waals surface area contributed by atoms with Crippen LogP contribution in [-0.2, 0) is 0 Å². The van der Waals surface area contributed by atoms with Crippen molar-refractivity contribution in [2.75, 3.05) is 0 Å². The molecule has 4 nitrogen and oxygen atoms in total. The number of carbonyl (C=O) groups excluding carboxylic acids is 3. The van der Waals surface area contributed by atoms with Gasteiger partial charge in [-0.3, -0.25) is 14.4 Å². The lowest BCUT2D eigenvalue weighted by molar-refractivity contribution is 0.0967. The third-order valence-electron chi connectivity index (χ3n) is 4.30. The van der Waals surface area contributed by atoms with Crippen LogP contribution in [0.15, 0.2) is 42.6 Å². The van der Waals surface area contributed by atoms with Gasteiger partial charge in [0.15, 0.2) is 11.6 Å². The van der Waals surface area contributed by atoms with E-state index in [1.807, 2.05) is 19.1 Å². The van der Waals surface area contributed by atoms with E-state index in [-0.39, 0.29) is 28.6 Å². The molecule has 0 unspecified atom stereocenters. The molecule has 0 saturated carbocycles. The van der Waals surface area contributed by atoms with E-state index >= 15 is 0 Å². The van der Waals surface area contributed by atoms with Crippen LogP contribution in [0, 0.1) is 6.92 Å². The Bertz CT molecular complexity index is 1040. The molecule has 4 heteroatoms. The van der Waals surface area contributed by atoms with E-state index in [0.717, 1.165) is 5.56 Å². The highest BCUT2D eigenvalue weighted by Gasteiger charge is 2.36. The summed E-state index contributed by atoms with van der Waals surface area (Å²) in [5.41, 5.74) is 3.17. The number of ketones is 3. The second-order valence-electron chi connectivity index (χ2n) is 5.82. The van der Waals surface area contributed by atoms with E-state index in [1.165, 1.54) is 6.92 Å². The molecule has 3 aromatic rings. The van der Waals surface area contributed by atoms with E-state index in [1.54, 1.807) is 34.9 Å². The maximum absolute atomic E-state index is 12.9. The SMILES string of the molecule is CC(=O)c1c2c(n3ccc(C)cc13)C(=O)c1ccccc1C2=O. The summed E-state index contributed by atoms with van der Waals surface area (Å²) >= 11 is 0. The van der Waals surface area contributed by atoms with Gasteiger partial charge in [0.25, 0.3) is 0 Å². The molecule has 23 heavy (non-hydrogen) atoms. The van der Waals surface area contributed by atoms with Crippen molar-refractivity contribution in [3.8, 4) is 0 Å². The van der Waals surface area contributed by atoms with Crippen LogP contribution in [0.1, 0.15) is 54.8 Å². The highest BCUT2D eigenvalue weighted by atomic mass is 16.1. The fourth-order valence-electron chi connectivity index (χ4n) is 3.30. The number of hydrogen-bond acceptors (Lipinski definition) is 3. The summed E-state index contributed by atoms with van der Waals surface area (Å²) in [5.74, 6) is -0.696. The van der Waals surface area contributed by atoms with Gasteiger partial charge in [0.1, 0.15) is 5.69 Å². The molecule has 1 aliphatic carbocycles. The second-order valence-corrected chi connectivity index (χ2v) is 5.82. The molecule has 112 valence electrons. The van der Waals surface area contributed by atoms with Gasteiger partial charge in [0.05, 0.1) is 16.6 Å². The van der Waals surface area contributed by atoms with Crippen molar-refractivity contribution < 1.29 is 14.4 Å². The molecular formula is C19H13NO3. The van der Waals surface area contributed by atoms with E-state index in [9.17, 15) is 14.4 Å². The van der Waals surface area contributed by atoms with Crippen LogP contribution in [0.25, 0.3) is 5.52 Å². The molecule has 0 bridgehead atoms. The molecule has 0 aliphatic heterocycles. The number of benzene rings is 1. The average Bonchev–Trinajstić information content (AvgIpc) is 2.87. The predicted molar refractivity (Wildman–Crippen MR) is 85.4 cm³/mol. The van der Waals surface area contributed by atoms with Gasteiger partial charge in [-0.05, 0) is 31.5 Å². The molecular weight excluding hydrogens is 290 g/mol. The Balaban J connectivity index is 2.20. The van der Waals surface area contributed by atoms with Gasteiger partial charge < -0.3 is 4.40 Å². The van der Waals surface area contributed by atoms with Crippen LogP contribution in [0.2, 0.25) is 0 Å². The van der Waals surface area contributed by atoms with Crippen molar-refractivity contribution in [2.45, 2.75) is 13.8 Å². The third-order valence-corrected chi connectivity index (χ3v) is 4.30. The monoisotopic (exact) mass is 303 g/mol. The number of pyridine rings is 1. The van der Waals surface area contributed by atoms with Crippen molar-refractivity contribution in [3.05, 3.63) is 76.1 Å². The first-order valence-corrected chi connectivity index (χ1v) is 7.34. The molecule has 1 aromatic carbocycles. The molecule has 4 rings (SSSR count). The van der Waals surface area contributed by atoms with Gasteiger partial charge in [-0.2, -0.15) is 0 Å². The lowest BCUT2D eigenvalue weighted by Crippen LogP contribution is -2.22. The number of Topliss-reactive ketones (excluding diaryl/α,β-unsaturated/α-hetero) is 1. The summed E-state index contributed by atoms with van der Waals surface area (Å²) in [6, 6.07) is 10.4. The first-order valence-electron chi connectivity index (χ1n) is 7.34. The number of fused-ring (bicyclic) bond motifs is 4. The Morgan fingerprint density at radius 3 is 2.30 bits per heavy atom. The highest BCUT2D eigenvalue weighted by molar-refractivity contribution is 6.32. The molecule has 1 aliphatic rings. The minimum atomic E-state index is -0.262. The van der Waals surface area contributed by atoms with Crippen LogP contribution in [0.3, 0.4) is 0 Å². The molecule has 0 fully saturated rings. The molecule has 0 atom stereocenters. The van der Waals surface area contributed by atoms with Gasteiger partial charge in [-0.15, -0.1) is 0 Å². The van der Waals surface area contributed by atoms with Crippen LogP contribution >= 0.6 is 0 Å². The van der Waals surface area contributed by atoms with Gasteiger partial charge in [-0.25, -0.2) is 0 Å². The topological polar surface area (TPSA) is 55.6 Å².